The fraction of sp³-hybridized carbons (Fsp3) is 1.00. The molecule has 2 rings (SSSR count). The van der Waals surface area contributed by atoms with Crippen LogP contribution in [0.2, 0.25) is 0 Å². The van der Waals surface area contributed by atoms with Gasteiger partial charge in [0.1, 0.15) is 0 Å². The summed E-state index contributed by atoms with van der Waals surface area (Å²) in [4.78, 5) is 0. The maximum Gasteiger partial charge on any atom is 0.170 e. The van der Waals surface area contributed by atoms with Crippen molar-refractivity contribution in [2.75, 3.05) is 26.3 Å². The van der Waals surface area contributed by atoms with E-state index in [9.17, 15) is 0 Å². The Morgan fingerprint density at radius 1 is 0.917 bits per heavy atom. The molecule has 0 radical (unpaired) electrons. The van der Waals surface area contributed by atoms with Crippen molar-refractivity contribution in [3.63, 3.8) is 0 Å². The lowest BCUT2D eigenvalue weighted by Gasteiger charge is -2.35. The van der Waals surface area contributed by atoms with Crippen molar-refractivity contribution < 1.29 is 9.47 Å². The molecule has 2 saturated heterocycles. The van der Waals surface area contributed by atoms with Gasteiger partial charge >= 0.3 is 0 Å². The average Bonchev–Trinajstić information content (AvgIpc) is 2.33. The minimum atomic E-state index is -0.220. The Morgan fingerprint density at radius 2 is 1.50 bits per heavy atom. The second-order valence-corrected chi connectivity index (χ2v) is 3.56. The highest BCUT2D eigenvalue weighted by atomic mass is 16.7. The SMILES string of the molecule is C1CCOC2(CCNCC2)OC1. The zero-order valence-corrected chi connectivity index (χ0v) is 7.47. The van der Waals surface area contributed by atoms with E-state index in [1.165, 1.54) is 0 Å². The molecule has 2 fully saturated rings. The second kappa shape index (κ2) is 3.73. The largest absolute Gasteiger partial charge is 0.350 e. The predicted octanol–water partition coefficient (Wildman–Crippen LogP) is 0.893. The van der Waals surface area contributed by atoms with Crippen LogP contribution in [-0.2, 0) is 9.47 Å². The Labute approximate surface area is 73.4 Å². The highest BCUT2D eigenvalue weighted by Gasteiger charge is 2.34. The molecule has 3 nitrogen and oxygen atoms in total. The Balaban J connectivity index is 1.95. The smallest absolute Gasteiger partial charge is 0.170 e. The summed E-state index contributed by atoms with van der Waals surface area (Å²) in [6, 6.07) is 0. The molecule has 0 aromatic rings. The van der Waals surface area contributed by atoms with Gasteiger partial charge in [-0.25, -0.2) is 0 Å². The van der Waals surface area contributed by atoms with Gasteiger partial charge in [-0.15, -0.1) is 0 Å². The van der Waals surface area contributed by atoms with Crippen molar-refractivity contribution in [3.05, 3.63) is 0 Å². The lowest BCUT2D eigenvalue weighted by atomic mass is 10.1. The van der Waals surface area contributed by atoms with Crippen LogP contribution in [0.3, 0.4) is 0 Å². The molecule has 3 heteroatoms. The molecule has 0 atom stereocenters. The van der Waals surface area contributed by atoms with Crippen molar-refractivity contribution in [2.45, 2.75) is 31.5 Å². The first kappa shape index (κ1) is 8.48. The van der Waals surface area contributed by atoms with Crippen LogP contribution in [0, 0.1) is 0 Å². The van der Waals surface area contributed by atoms with Gasteiger partial charge in [0.15, 0.2) is 5.79 Å². The van der Waals surface area contributed by atoms with E-state index < -0.39 is 0 Å². The quantitative estimate of drug-likeness (QED) is 0.587. The number of nitrogens with one attached hydrogen (secondary N) is 1. The molecule has 2 heterocycles. The highest BCUT2D eigenvalue weighted by Crippen LogP contribution is 2.27. The minimum Gasteiger partial charge on any atom is -0.350 e. The van der Waals surface area contributed by atoms with Crippen LogP contribution in [0.5, 0.6) is 0 Å². The molecule has 70 valence electrons. The monoisotopic (exact) mass is 171 g/mol. The normalized spacial score (nSPS) is 30.0. The molecule has 0 aliphatic carbocycles. The standard InChI is InChI=1S/C9H17NO2/c1-2-8-12-9(11-7-1)3-5-10-6-4-9/h10H,1-8H2. The van der Waals surface area contributed by atoms with Gasteiger partial charge in [-0.05, 0) is 12.8 Å². The lowest BCUT2D eigenvalue weighted by molar-refractivity contribution is -0.237. The van der Waals surface area contributed by atoms with Crippen molar-refractivity contribution in [1.29, 1.82) is 0 Å². The van der Waals surface area contributed by atoms with Gasteiger partial charge in [-0.2, -0.15) is 0 Å². The van der Waals surface area contributed by atoms with Gasteiger partial charge < -0.3 is 14.8 Å². The summed E-state index contributed by atoms with van der Waals surface area (Å²) in [6.07, 6.45) is 4.31. The third-order valence-electron chi connectivity index (χ3n) is 2.63. The van der Waals surface area contributed by atoms with Crippen LogP contribution >= 0.6 is 0 Å². The number of piperidine rings is 1. The molecule has 0 saturated carbocycles. The van der Waals surface area contributed by atoms with E-state index in [4.69, 9.17) is 9.47 Å². The Bertz CT molecular complexity index is 133. The molecule has 0 bridgehead atoms. The fourth-order valence-corrected chi connectivity index (χ4v) is 1.86. The topological polar surface area (TPSA) is 30.5 Å². The molecule has 0 aromatic carbocycles. The first-order valence-electron chi connectivity index (χ1n) is 4.90. The van der Waals surface area contributed by atoms with E-state index in [0.29, 0.717) is 0 Å². The summed E-state index contributed by atoms with van der Waals surface area (Å²) in [5.41, 5.74) is 0. The van der Waals surface area contributed by atoms with Crippen LogP contribution in [0.25, 0.3) is 0 Å². The van der Waals surface area contributed by atoms with Crippen LogP contribution in [0.1, 0.15) is 25.7 Å². The Morgan fingerprint density at radius 3 is 2.08 bits per heavy atom. The summed E-state index contributed by atoms with van der Waals surface area (Å²) in [5, 5.41) is 3.32. The first-order valence-corrected chi connectivity index (χ1v) is 4.90. The van der Waals surface area contributed by atoms with Crippen molar-refractivity contribution >= 4 is 0 Å². The highest BCUT2D eigenvalue weighted by molar-refractivity contribution is 4.78. The van der Waals surface area contributed by atoms with E-state index in [2.05, 4.69) is 5.32 Å². The molecule has 1 spiro atoms. The number of hydrogen-bond donors (Lipinski definition) is 1. The zero-order valence-electron chi connectivity index (χ0n) is 7.47. The minimum absolute atomic E-state index is 0.220. The molecule has 2 aliphatic heterocycles. The van der Waals surface area contributed by atoms with Gasteiger partial charge in [0.2, 0.25) is 0 Å². The van der Waals surface area contributed by atoms with Crippen LogP contribution in [0.15, 0.2) is 0 Å². The number of ether oxygens (including phenoxy) is 2. The van der Waals surface area contributed by atoms with Crippen LogP contribution < -0.4 is 5.32 Å². The molecular formula is C9H17NO2. The van der Waals surface area contributed by atoms with E-state index >= 15 is 0 Å². The summed E-state index contributed by atoms with van der Waals surface area (Å²) >= 11 is 0. The van der Waals surface area contributed by atoms with Gasteiger partial charge in [-0.1, -0.05) is 0 Å². The van der Waals surface area contributed by atoms with Gasteiger partial charge in [0.05, 0.1) is 13.2 Å². The molecule has 0 aromatic heterocycles. The van der Waals surface area contributed by atoms with Crippen LogP contribution in [0.4, 0.5) is 0 Å². The summed E-state index contributed by atoms with van der Waals surface area (Å²) in [6.45, 7) is 3.81. The van der Waals surface area contributed by atoms with Gasteiger partial charge in [-0.3, -0.25) is 0 Å². The number of rotatable bonds is 0. The van der Waals surface area contributed by atoms with E-state index in [1.54, 1.807) is 0 Å². The molecular weight excluding hydrogens is 154 g/mol. The third kappa shape index (κ3) is 1.79. The second-order valence-electron chi connectivity index (χ2n) is 3.56. The lowest BCUT2D eigenvalue weighted by Crippen LogP contribution is -2.45. The van der Waals surface area contributed by atoms with Gasteiger partial charge in [0, 0.05) is 25.9 Å². The van der Waals surface area contributed by atoms with Crippen molar-refractivity contribution in [1.82, 2.24) is 5.32 Å². The van der Waals surface area contributed by atoms with Gasteiger partial charge in [0.25, 0.3) is 0 Å². The van der Waals surface area contributed by atoms with Crippen molar-refractivity contribution in [2.24, 2.45) is 0 Å². The average molecular weight is 171 g/mol. The predicted molar refractivity (Wildman–Crippen MR) is 46.0 cm³/mol. The van der Waals surface area contributed by atoms with E-state index in [0.717, 1.165) is 52.0 Å². The maximum atomic E-state index is 5.77. The fourth-order valence-electron chi connectivity index (χ4n) is 1.86. The summed E-state index contributed by atoms with van der Waals surface area (Å²) in [5.74, 6) is -0.220. The molecule has 0 amide bonds. The molecule has 12 heavy (non-hydrogen) atoms. The maximum absolute atomic E-state index is 5.77. The Hall–Kier alpha value is -0.120. The first-order chi connectivity index (χ1) is 5.91. The van der Waals surface area contributed by atoms with Crippen molar-refractivity contribution in [3.8, 4) is 0 Å². The third-order valence-corrected chi connectivity index (χ3v) is 2.63. The molecule has 1 N–H and O–H groups in total. The Kier molecular flexibility index (Phi) is 2.63. The zero-order chi connectivity index (χ0) is 8.28. The number of hydrogen-bond acceptors (Lipinski definition) is 3. The molecule has 2 aliphatic rings. The van der Waals surface area contributed by atoms with Crippen LogP contribution in [-0.4, -0.2) is 32.1 Å². The van der Waals surface area contributed by atoms with E-state index in [-0.39, 0.29) is 5.79 Å². The van der Waals surface area contributed by atoms with E-state index in [1.807, 2.05) is 0 Å². The summed E-state index contributed by atoms with van der Waals surface area (Å²) < 4.78 is 11.5. The summed E-state index contributed by atoms with van der Waals surface area (Å²) in [7, 11) is 0. The molecule has 0 unspecified atom stereocenters.